The average Bonchev–Trinajstić information content (AvgIpc) is 3.52. The molecule has 0 spiro atoms. The second-order valence-electron chi connectivity index (χ2n) is 8.58. The summed E-state index contributed by atoms with van der Waals surface area (Å²) in [5, 5.41) is 4.71. The van der Waals surface area contributed by atoms with E-state index in [0.717, 1.165) is 22.4 Å². The largest absolute Gasteiger partial charge is 0.345 e. The molecule has 0 saturated carbocycles. The Bertz CT molecular complexity index is 1320. The molecule has 34 heavy (non-hydrogen) atoms. The summed E-state index contributed by atoms with van der Waals surface area (Å²) in [6.45, 7) is 1.47. The van der Waals surface area contributed by atoms with Crippen molar-refractivity contribution in [3.8, 4) is 11.4 Å². The molecule has 0 radical (unpaired) electrons. The number of aromatic amines is 1. The lowest BCUT2D eigenvalue weighted by Gasteiger charge is -2.28. The van der Waals surface area contributed by atoms with Crippen LogP contribution in [0.5, 0.6) is 0 Å². The highest BCUT2D eigenvalue weighted by atomic mass is 16.2. The van der Waals surface area contributed by atoms with Gasteiger partial charge in [0.1, 0.15) is 5.82 Å². The molecule has 2 aromatic carbocycles. The second kappa shape index (κ2) is 8.97. The fourth-order valence-corrected chi connectivity index (χ4v) is 4.39. The molecule has 2 aromatic heterocycles. The van der Waals surface area contributed by atoms with Gasteiger partial charge in [0.15, 0.2) is 5.69 Å². The van der Waals surface area contributed by atoms with Crippen LogP contribution in [0.3, 0.4) is 0 Å². The third kappa shape index (κ3) is 3.98. The molecule has 2 amide bonds. The predicted molar refractivity (Wildman–Crippen MR) is 128 cm³/mol. The minimum Gasteiger partial charge on any atom is -0.345 e. The molecule has 0 saturated heterocycles. The molecule has 0 aliphatic carbocycles. The fourth-order valence-electron chi connectivity index (χ4n) is 4.39. The molecule has 0 fully saturated rings. The van der Waals surface area contributed by atoms with E-state index in [1.165, 1.54) is 4.90 Å². The Kier molecular flexibility index (Phi) is 5.71. The lowest BCUT2D eigenvalue weighted by atomic mass is 10.0. The third-order valence-corrected chi connectivity index (χ3v) is 6.12. The molecule has 0 unspecified atom stereocenters. The van der Waals surface area contributed by atoms with E-state index in [9.17, 15) is 9.59 Å². The van der Waals surface area contributed by atoms with Crippen molar-refractivity contribution in [1.82, 2.24) is 29.5 Å². The van der Waals surface area contributed by atoms with Crippen LogP contribution in [0.1, 0.15) is 37.7 Å². The molecular formula is C26H26N6O2. The first-order chi connectivity index (χ1) is 16.5. The van der Waals surface area contributed by atoms with Gasteiger partial charge in [-0.3, -0.25) is 14.3 Å². The zero-order chi connectivity index (χ0) is 23.7. The van der Waals surface area contributed by atoms with Crippen molar-refractivity contribution in [2.24, 2.45) is 0 Å². The Morgan fingerprint density at radius 2 is 1.82 bits per heavy atom. The van der Waals surface area contributed by atoms with Crippen molar-refractivity contribution in [1.29, 1.82) is 0 Å². The van der Waals surface area contributed by atoms with Gasteiger partial charge < -0.3 is 14.8 Å². The van der Waals surface area contributed by atoms with Gasteiger partial charge in [-0.1, -0.05) is 48.5 Å². The van der Waals surface area contributed by atoms with Gasteiger partial charge in [0.05, 0.1) is 18.7 Å². The standard InChI is InChI=1S/C26H26N6O2/c1-30(2)26(34)23-21-17-31(15-12-22(21)32(29-23)16-18-8-4-3-5-9-18)25(33)20-11-7-6-10-19(20)24-27-13-14-28-24/h3-11,13-14H,12,15-17H2,1-2H3,(H,27,28). The number of carbonyl (C=O) groups is 2. The van der Waals surface area contributed by atoms with Crippen molar-refractivity contribution in [3.05, 3.63) is 95.1 Å². The molecule has 1 aliphatic rings. The summed E-state index contributed by atoms with van der Waals surface area (Å²) < 4.78 is 1.92. The van der Waals surface area contributed by atoms with Gasteiger partial charge in [-0.25, -0.2) is 4.98 Å². The molecule has 5 rings (SSSR count). The van der Waals surface area contributed by atoms with Crippen LogP contribution in [0.15, 0.2) is 67.0 Å². The number of carbonyl (C=O) groups excluding carboxylic acids is 2. The number of H-pyrrole nitrogens is 1. The number of nitrogens with zero attached hydrogens (tertiary/aromatic N) is 5. The molecule has 8 heteroatoms. The van der Waals surface area contributed by atoms with Gasteiger partial charge in [-0.2, -0.15) is 5.10 Å². The Hall–Kier alpha value is -4.20. The number of aromatic nitrogens is 4. The Balaban J connectivity index is 1.49. The minimum atomic E-state index is -0.159. The fraction of sp³-hybridized carbons (Fsp3) is 0.231. The van der Waals surface area contributed by atoms with Gasteiger partial charge in [-0.05, 0) is 11.6 Å². The second-order valence-corrected chi connectivity index (χ2v) is 8.58. The molecular weight excluding hydrogens is 428 g/mol. The van der Waals surface area contributed by atoms with Gasteiger partial charge in [0.25, 0.3) is 11.8 Å². The first-order valence-electron chi connectivity index (χ1n) is 11.2. The average molecular weight is 455 g/mol. The highest BCUT2D eigenvalue weighted by Crippen LogP contribution is 2.28. The van der Waals surface area contributed by atoms with Gasteiger partial charge in [0.2, 0.25) is 0 Å². The van der Waals surface area contributed by atoms with Crippen molar-refractivity contribution in [3.63, 3.8) is 0 Å². The molecule has 8 nitrogen and oxygen atoms in total. The number of benzene rings is 2. The molecule has 1 aliphatic heterocycles. The maximum atomic E-state index is 13.6. The van der Waals surface area contributed by atoms with Crippen LogP contribution >= 0.6 is 0 Å². The molecule has 4 aromatic rings. The Morgan fingerprint density at radius 1 is 1.06 bits per heavy atom. The first-order valence-corrected chi connectivity index (χ1v) is 11.2. The third-order valence-electron chi connectivity index (χ3n) is 6.12. The summed E-state index contributed by atoms with van der Waals surface area (Å²) in [6, 6.07) is 17.5. The zero-order valence-electron chi connectivity index (χ0n) is 19.2. The smallest absolute Gasteiger partial charge is 0.274 e. The van der Waals surface area contributed by atoms with E-state index >= 15 is 0 Å². The van der Waals surface area contributed by atoms with E-state index in [0.29, 0.717) is 43.1 Å². The van der Waals surface area contributed by atoms with E-state index in [4.69, 9.17) is 5.10 Å². The number of fused-ring (bicyclic) bond motifs is 1. The van der Waals surface area contributed by atoms with E-state index in [1.54, 1.807) is 31.4 Å². The summed E-state index contributed by atoms with van der Waals surface area (Å²) in [5.74, 6) is 0.408. The number of imidazole rings is 1. The van der Waals surface area contributed by atoms with Gasteiger partial charge in [0, 0.05) is 56.3 Å². The molecule has 0 atom stereocenters. The summed E-state index contributed by atoms with van der Waals surface area (Å²) in [6.07, 6.45) is 4.04. The number of hydrogen-bond donors (Lipinski definition) is 1. The van der Waals surface area contributed by atoms with Crippen molar-refractivity contribution >= 4 is 11.8 Å². The van der Waals surface area contributed by atoms with Crippen LogP contribution < -0.4 is 0 Å². The topological polar surface area (TPSA) is 87.1 Å². The summed E-state index contributed by atoms with van der Waals surface area (Å²) in [5.41, 5.74) is 4.70. The highest BCUT2D eigenvalue weighted by Gasteiger charge is 2.32. The maximum absolute atomic E-state index is 13.6. The summed E-state index contributed by atoms with van der Waals surface area (Å²) >= 11 is 0. The normalized spacial score (nSPS) is 12.9. The van der Waals surface area contributed by atoms with Crippen molar-refractivity contribution in [2.45, 2.75) is 19.5 Å². The number of rotatable bonds is 5. The van der Waals surface area contributed by atoms with Crippen LogP contribution in [0.2, 0.25) is 0 Å². The maximum Gasteiger partial charge on any atom is 0.274 e. The van der Waals surface area contributed by atoms with Crippen LogP contribution in [-0.4, -0.2) is 62.0 Å². The molecule has 3 heterocycles. The van der Waals surface area contributed by atoms with E-state index < -0.39 is 0 Å². The summed E-state index contributed by atoms with van der Waals surface area (Å²) in [4.78, 5) is 37.3. The van der Waals surface area contributed by atoms with E-state index in [1.807, 2.05) is 59.3 Å². The highest BCUT2D eigenvalue weighted by molar-refractivity contribution is 6.00. The van der Waals surface area contributed by atoms with Gasteiger partial charge in [-0.15, -0.1) is 0 Å². The number of hydrogen-bond acceptors (Lipinski definition) is 4. The van der Waals surface area contributed by atoms with Crippen LogP contribution in [0.25, 0.3) is 11.4 Å². The Labute approximate surface area is 197 Å². The van der Waals surface area contributed by atoms with Crippen LogP contribution in [0.4, 0.5) is 0 Å². The van der Waals surface area contributed by atoms with Crippen molar-refractivity contribution in [2.75, 3.05) is 20.6 Å². The lowest BCUT2D eigenvalue weighted by molar-refractivity contribution is 0.0727. The summed E-state index contributed by atoms with van der Waals surface area (Å²) in [7, 11) is 3.44. The first kappa shape index (κ1) is 21.6. The van der Waals surface area contributed by atoms with Crippen LogP contribution in [0, 0.1) is 0 Å². The minimum absolute atomic E-state index is 0.0864. The molecule has 1 N–H and O–H groups in total. The van der Waals surface area contributed by atoms with Crippen molar-refractivity contribution < 1.29 is 9.59 Å². The van der Waals surface area contributed by atoms with E-state index in [2.05, 4.69) is 9.97 Å². The lowest BCUT2D eigenvalue weighted by Crippen LogP contribution is -2.37. The molecule has 0 bridgehead atoms. The quantitative estimate of drug-likeness (QED) is 0.502. The number of amides is 2. The van der Waals surface area contributed by atoms with E-state index in [-0.39, 0.29) is 11.8 Å². The predicted octanol–water partition coefficient (Wildman–Crippen LogP) is 3.22. The van der Waals surface area contributed by atoms with Gasteiger partial charge >= 0.3 is 0 Å². The van der Waals surface area contributed by atoms with Crippen LogP contribution in [-0.2, 0) is 19.5 Å². The number of nitrogens with one attached hydrogen (secondary N) is 1. The Morgan fingerprint density at radius 3 is 2.56 bits per heavy atom. The molecule has 172 valence electrons. The monoisotopic (exact) mass is 454 g/mol. The zero-order valence-corrected chi connectivity index (χ0v) is 19.2. The SMILES string of the molecule is CN(C)C(=O)c1nn(Cc2ccccc2)c2c1CN(C(=O)c1ccccc1-c1ncc[nH]1)CC2.